The SMILES string of the molecule is CC(CO)CSCCC1CCCCN1C. The lowest BCUT2D eigenvalue weighted by Gasteiger charge is -2.32. The van der Waals surface area contributed by atoms with Crippen molar-refractivity contribution >= 4 is 11.8 Å². The van der Waals surface area contributed by atoms with Crippen LogP contribution in [0.25, 0.3) is 0 Å². The van der Waals surface area contributed by atoms with Crippen molar-refractivity contribution in [1.29, 1.82) is 0 Å². The number of rotatable bonds is 6. The molecule has 0 radical (unpaired) electrons. The number of aliphatic hydroxyl groups is 1. The Labute approximate surface area is 98.4 Å². The highest BCUT2D eigenvalue weighted by Crippen LogP contribution is 2.20. The summed E-state index contributed by atoms with van der Waals surface area (Å²) >= 11 is 1.99. The molecule has 0 aromatic heterocycles. The van der Waals surface area contributed by atoms with Crippen LogP contribution in [0.5, 0.6) is 0 Å². The minimum atomic E-state index is 0.330. The summed E-state index contributed by atoms with van der Waals surface area (Å²) in [7, 11) is 2.25. The van der Waals surface area contributed by atoms with Gasteiger partial charge in [0.2, 0.25) is 0 Å². The van der Waals surface area contributed by atoms with Crippen LogP contribution in [0, 0.1) is 5.92 Å². The van der Waals surface area contributed by atoms with Crippen LogP contribution in [0.4, 0.5) is 0 Å². The summed E-state index contributed by atoms with van der Waals surface area (Å²) in [4.78, 5) is 2.51. The summed E-state index contributed by atoms with van der Waals surface area (Å²) < 4.78 is 0. The zero-order chi connectivity index (χ0) is 11.1. The Morgan fingerprint density at radius 1 is 1.47 bits per heavy atom. The first-order chi connectivity index (χ1) is 7.24. The lowest BCUT2D eigenvalue weighted by atomic mass is 10.0. The lowest BCUT2D eigenvalue weighted by molar-refractivity contribution is 0.182. The molecule has 0 bridgehead atoms. The molecule has 2 unspecified atom stereocenters. The fourth-order valence-corrected chi connectivity index (χ4v) is 3.18. The van der Waals surface area contributed by atoms with Gasteiger partial charge in [-0.15, -0.1) is 0 Å². The number of thioether (sulfide) groups is 1. The molecular weight excluding hydrogens is 206 g/mol. The largest absolute Gasteiger partial charge is 0.396 e. The van der Waals surface area contributed by atoms with Crippen molar-refractivity contribution in [1.82, 2.24) is 4.90 Å². The second kappa shape index (κ2) is 7.53. The molecule has 1 fully saturated rings. The van der Waals surface area contributed by atoms with E-state index >= 15 is 0 Å². The monoisotopic (exact) mass is 231 g/mol. The molecule has 1 saturated heterocycles. The molecule has 1 rings (SSSR count). The van der Waals surface area contributed by atoms with E-state index in [9.17, 15) is 0 Å². The molecule has 0 aromatic rings. The normalized spacial score (nSPS) is 25.4. The van der Waals surface area contributed by atoms with Gasteiger partial charge in [-0.05, 0) is 50.3 Å². The molecule has 1 aliphatic rings. The van der Waals surface area contributed by atoms with Gasteiger partial charge in [0.1, 0.15) is 0 Å². The van der Waals surface area contributed by atoms with E-state index in [0.717, 1.165) is 11.8 Å². The first kappa shape index (κ1) is 13.3. The molecular formula is C12H25NOS. The Morgan fingerprint density at radius 2 is 2.27 bits per heavy atom. The molecule has 1 N–H and O–H groups in total. The van der Waals surface area contributed by atoms with Crippen molar-refractivity contribution in [3.8, 4) is 0 Å². The van der Waals surface area contributed by atoms with Gasteiger partial charge >= 0.3 is 0 Å². The predicted molar refractivity (Wildman–Crippen MR) is 68.5 cm³/mol. The van der Waals surface area contributed by atoms with E-state index in [1.54, 1.807) is 0 Å². The van der Waals surface area contributed by atoms with Gasteiger partial charge in [-0.3, -0.25) is 0 Å². The van der Waals surface area contributed by atoms with E-state index in [2.05, 4.69) is 18.9 Å². The minimum absolute atomic E-state index is 0.330. The van der Waals surface area contributed by atoms with Gasteiger partial charge in [0.05, 0.1) is 0 Å². The predicted octanol–water partition coefficient (Wildman–Crippen LogP) is 2.22. The first-order valence-corrected chi connectivity index (χ1v) is 7.28. The first-order valence-electron chi connectivity index (χ1n) is 6.13. The van der Waals surface area contributed by atoms with Crippen molar-refractivity contribution < 1.29 is 5.11 Å². The van der Waals surface area contributed by atoms with Crippen molar-refractivity contribution in [3.63, 3.8) is 0 Å². The van der Waals surface area contributed by atoms with Crippen LogP contribution in [-0.4, -0.2) is 47.8 Å². The van der Waals surface area contributed by atoms with Crippen molar-refractivity contribution in [2.75, 3.05) is 31.7 Å². The van der Waals surface area contributed by atoms with Gasteiger partial charge in [0, 0.05) is 12.6 Å². The summed E-state index contributed by atoms with van der Waals surface area (Å²) in [5.41, 5.74) is 0. The van der Waals surface area contributed by atoms with Crippen LogP contribution < -0.4 is 0 Å². The second-order valence-electron chi connectivity index (χ2n) is 4.78. The van der Waals surface area contributed by atoms with Crippen LogP contribution in [0.2, 0.25) is 0 Å². The molecule has 90 valence electrons. The van der Waals surface area contributed by atoms with E-state index in [1.807, 2.05) is 11.8 Å². The van der Waals surface area contributed by atoms with Gasteiger partial charge in [-0.2, -0.15) is 11.8 Å². The fraction of sp³-hybridized carbons (Fsp3) is 1.00. The molecule has 2 nitrogen and oxygen atoms in total. The third-order valence-electron chi connectivity index (χ3n) is 3.23. The zero-order valence-electron chi connectivity index (χ0n) is 10.1. The number of piperidine rings is 1. The average molecular weight is 231 g/mol. The van der Waals surface area contributed by atoms with Crippen LogP contribution in [0.3, 0.4) is 0 Å². The Kier molecular flexibility index (Phi) is 6.69. The molecule has 0 amide bonds. The average Bonchev–Trinajstić information content (AvgIpc) is 2.26. The van der Waals surface area contributed by atoms with Crippen molar-refractivity contribution in [2.24, 2.45) is 5.92 Å². The molecule has 2 atom stereocenters. The van der Waals surface area contributed by atoms with Gasteiger partial charge in [0.25, 0.3) is 0 Å². The minimum Gasteiger partial charge on any atom is -0.396 e. The van der Waals surface area contributed by atoms with E-state index in [1.165, 1.54) is 38.0 Å². The summed E-state index contributed by atoms with van der Waals surface area (Å²) in [6.45, 7) is 3.72. The van der Waals surface area contributed by atoms with Crippen LogP contribution >= 0.6 is 11.8 Å². The second-order valence-corrected chi connectivity index (χ2v) is 5.93. The molecule has 0 spiro atoms. The number of hydrogen-bond acceptors (Lipinski definition) is 3. The summed E-state index contributed by atoms with van der Waals surface area (Å²) in [5, 5.41) is 8.90. The third-order valence-corrected chi connectivity index (χ3v) is 4.56. The molecule has 3 heteroatoms. The highest BCUT2D eigenvalue weighted by molar-refractivity contribution is 7.99. The molecule has 0 aromatic carbocycles. The summed E-state index contributed by atoms with van der Waals surface area (Å²) in [6.07, 6.45) is 5.49. The van der Waals surface area contributed by atoms with Gasteiger partial charge in [-0.25, -0.2) is 0 Å². The Hall–Kier alpha value is 0.270. The Bertz CT molecular complexity index is 166. The fourth-order valence-electron chi connectivity index (χ4n) is 2.07. The molecule has 15 heavy (non-hydrogen) atoms. The maximum Gasteiger partial charge on any atom is 0.0464 e. The number of nitrogens with zero attached hydrogens (tertiary/aromatic N) is 1. The van der Waals surface area contributed by atoms with Gasteiger partial charge in [-0.1, -0.05) is 13.3 Å². The molecule has 1 heterocycles. The van der Waals surface area contributed by atoms with Gasteiger partial charge < -0.3 is 10.0 Å². The molecule has 1 aliphatic heterocycles. The summed E-state index contributed by atoms with van der Waals surface area (Å²) in [6, 6.07) is 0.815. The van der Waals surface area contributed by atoms with E-state index in [-0.39, 0.29) is 0 Å². The van der Waals surface area contributed by atoms with Crippen LogP contribution in [-0.2, 0) is 0 Å². The highest BCUT2D eigenvalue weighted by Gasteiger charge is 2.17. The van der Waals surface area contributed by atoms with Crippen molar-refractivity contribution in [3.05, 3.63) is 0 Å². The topological polar surface area (TPSA) is 23.5 Å². The number of likely N-dealkylation sites (tertiary alicyclic amines) is 1. The molecule has 0 aliphatic carbocycles. The Balaban J connectivity index is 2.03. The number of hydrogen-bond donors (Lipinski definition) is 1. The van der Waals surface area contributed by atoms with E-state index < -0.39 is 0 Å². The quantitative estimate of drug-likeness (QED) is 0.709. The van der Waals surface area contributed by atoms with E-state index in [4.69, 9.17) is 5.11 Å². The lowest BCUT2D eigenvalue weighted by Crippen LogP contribution is -2.36. The van der Waals surface area contributed by atoms with Gasteiger partial charge in [0.15, 0.2) is 0 Å². The maximum absolute atomic E-state index is 8.90. The van der Waals surface area contributed by atoms with Crippen molar-refractivity contribution in [2.45, 2.75) is 38.6 Å². The maximum atomic E-state index is 8.90. The third kappa shape index (κ3) is 5.23. The molecule has 0 saturated carbocycles. The smallest absolute Gasteiger partial charge is 0.0464 e. The number of aliphatic hydroxyl groups excluding tert-OH is 1. The summed E-state index contributed by atoms with van der Waals surface area (Å²) in [5.74, 6) is 2.81. The zero-order valence-corrected chi connectivity index (χ0v) is 10.9. The van der Waals surface area contributed by atoms with Crippen LogP contribution in [0.1, 0.15) is 32.6 Å². The van der Waals surface area contributed by atoms with Crippen LogP contribution in [0.15, 0.2) is 0 Å². The Morgan fingerprint density at radius 3 is 2.93 bits per heavy atom. The standard InChI is InChI=1S/C12H25NOS/c1-11(9-14)10-15-8-6-12-5-3-4-7-13(12)2/h11-12,14H,3-10H2,1-2H3. The highest BCUT2D eigenvalue weighted by atomic mass is 32.2. The van der Waals surface area contributed by atoms with E-state index in [0.29, 0.717) is 12.5 Å².